The molecule has 2 aromatic heterocycles. The minimum absolute atomic E-state index is 0.124. The van der Waals surface area contributed by atoms with Crippen LogP contribution in [-0.2, 0) is 13.2 Å². The monoisotopic (exact) mass is 280 g/mol. The van der Waals surface area contributed by atoms with Crippen molar-refractivity contribution in [2.45, 2.75) is 6.18 Å². The summed E-state index contributed by atoms with van der Waals surface area (Å²) in [5.41, 5.74) is 6.66. The Morgan fingerprint density at radius 2 is 2.05 bits per heavy atom. The van der Waals surface area contributed by atoms with Gasteiger partial charge in [-0.2, -0.15) is 18.3 Å². The van der Waals surface area contributed by atoms with E-state index in [2.05, 4.69) is 10.2 Å². The highest BCUT2D eigenvalue weighted by molar-refractivity contribution is 6.00. The lowest BCUT2D eigenvalue weighted by Crippen LogP contribution is -2.05. The Labute approximate surface area is 112 Å². The number of nitrogens with zero attached hydrogens (tertiary/aromatic N) is 2. The fourth-order valence-electron chi connectivity index (χ4n) is 2.38. The number of halogens is 3. The van der Waals surface area contributed by atoms with E-state index < -0.39 is 11.7 Å². The molecule has 0 aliphatic heterocycles. The fraction of sp³-hybridized carbons (Fsp3) is 0.154. The zero-order valence-electron chi connectivity index (χ0n) is 10.5. The van der Waals surface area contributed by atoms with E-state index >= 15 is 0 Å². The van der Waals surface area contributed by atoms with Crippen LogP contribution in [0, 0.1) is 0 Å². The second kappa shape index (κ2) is 4.03. The van der Waals surface area contributed by atoms with Gasteiger partial charge in [0.15, 0.2) is 0 Å². The van der Waals surface area contributed by atoms with Gasteiger partial charge in [0, 0.05) is 29.7 Å². The van der Waals surface area contributed by atoms with Gasteiger partial charge < -0.3 is 10.3 Å². The highest BCUT2D eigenvalue weighted by Gasteiger charge is 2.34. The van der Waals surface area contributed by atoms with Gasteiger partial charge >= 0.3 is 6.18 Å². The van der Waals surface area contributed by atoms with Gasteiger partial charge in [-0.1, -0.05) is 6.07 Å². The topological polar surface area (TPSA) is 59.6 Å². The average Bonchev–Trinajstić information content (AvgIpc) is 2.92. The molecule has 7 heteroatoms. The predicted molar refractivity (Wildman–Crippen MR) is 69.9 cm³/mol. The summed E-state index contributed by atoms with van der Waals surface area (Å²) in [7, 11) is 1.69. The SMILES string of the molecule is Cn1cc(-c2[nH]ncc2N)c2c(C(F)(F)F)cccc21. The molecule has 0 saturated carbocycles. The van der Waals surface area contributed by atoms with Gasteiger partial charge in [0.2, 0.25) is 0 Å². The number of rotatable bonds is 1. The molecule has 3 rings (SSSR count). The minimum Gasteiger partial charge on any atom is -0.396 e. The molecule has 0 aliphatic rings. The van der Waals surface area contributed by atoms with E-state index in [4.69, 9.17) is 5.73 Å². The number of nitrogen functional groups attached to an aromatic ring is 1. The van der Waals surface area contributed by atoms with E-state index in [1.54, 1.807) is 23.9 Å². The van der Waals surface area contributed by atoms with Crippen LogP contribution in [0.2, 0.25) is 0 Å². The molecule has 0 saturated heterocycles. The number of aryl methyl sites for hydroxylation is 1. The number of anilines is 1. The van der Waals surface area contributed by atoms with E-state index in [1.807, 2.05) is 0 Å². The molecular weight excluding hydrogens is 269 g/mol. The Hall–Kier alpha value is -2.44. The maximum absolute atomic E-state index is 13.2. The summed E-state index contributed by atoms with van der Waals surface area (Å²) in [6, 6.07) is 4.10. The number of nitrogens with two attached hydrogens (primary N) is 1. The molecule has 0 atom stereocenters. The zero-order chi connectivity index (χ0) is 14.5. The largest absolute Gasteiger partial charge is 0.417 e. The normalized spacial score (nSPS) is 12.2. The van der Waals surface area contributed by atoms with Crippen molar-refractivity contribution in [3.63, 3.8) is 0 Å². The molecule has 0 amide bonds. The first-order valence-corrected chi connectivity index (χ1v) is 5.84. The molecular formula is C13H11F3N4. The molecule has 0 fully saturated rings. The minimum atomic E-state index is -4.43. The molecule has 1 aromatic carbocycles. The summed E-state index contributed by atoms with van der Waals surface area (Å²) in [5.74, 6) is 0. The van der Waals surface area contributed by atoms with E-state index in [0.717, 1.165) is 6.07 Å². The summed E-state index contributed by atoms with van der Waals surface area (Å²) in [6.45, 7) is 0. The van der Waals surface area contributed by atoms with Crippen LogP contribution in [0.1, 0.15) is 5.56 Å². The molecule has 3 aromatic rings. The summed E-state index contributed by atoms with van der Waals surface area (Å²) in [5, 5.41) is 6.54. The van der Waals surface area contributed by atoms with Gasteiger partial charge in [-0.25, -0.2) is 0 Å². The third kappa shape index (κ3) is 1.74. The zero-order valence-corrected chi connectivity index (χ0v) is 10.5. The molecule has 20 heavy (non-hydrogen) atoms. The Balaban J connectivity index is 2.42. The van der Waals surface area contributed by atoms with Gasteiger partial charge in [0.25, 0.3) is 0 Å². The summed E-state index contributed by atoms with van der Waals surface area (Å²) in [6.07, 6.45) is -1.43. The maximum Gasteiger partial charge on any atom is 0.417 e. The third-order valence-corrected chi connectivity index (χ3v) is 3.26. The number of H-pyrrole nitrogens is 1. The number of nitrogens with one attached hydrogen (secondary N) is 1. The van der Waals surface area contributed by atoms with E-state index in [0.29, 0.717) is 22.5 Å². The molecule has 0 spiro atoms. The van der Waals surface area contributed by atoms with Gasteiger partial charge in [-0.05, 0) is 12.1 Å². The number of aromatic nitrogens is 3. The highest BCUT2D eigenvalue weighted by Crippen LogP contribution is 2.40. The summed E-state index contributed by atoms with van der Waals surface area (Å²) < 4.78 is 41.2. The molecule has 0 radical (unpaired) electrons. The number of hydrogen-bond acceptors (Lipinski definition) is 2. The Morgan fingerprint density at radius 1 is 1.30 bits per heavy atom. The first-order chi connectivity index (χ1) is 9.39. The number of aromatic amines is 1. The van der Waals surface area contributed by atoms with Crippen LogP contribution in [0.5, 0.6) is 0 Å². The second-order valence-corrected chi connectivity index (χ2v) is 4.55. The Bertz CT molecular complexity index is 783. The summed E-state index contributed by atoms with van der Waals surface area (Å²) >= 11 is 0. The number of fused-ring (bicyclic) bond motifs is 1. The Morgan fingerprint density at radius 3 is 2.65 bits per heavy atom. The van der Waals surface area contributed by atoms with Crippen molar-refractivity contribution >= 4 is 16.6 Å². The van der Waals surface area contributed by atoms with Crippen LogP contribution < -0.4 is 5.73 Å². The lowest BCUT2D eigenvalue weighted by molar-refractivity contribution is -0.136. The molecule has 0 aliphatic carbocycles. The summed E-state index contributed by atoms with van der Waals surface area (Å²) in [4.78, 5) is 0. The van der Waals surface area contributed by atoms with Crippen LogP contribution in [0.3, 0.4) is 0 Å². The van der Waals surface area contributed by atoms with Crippen molar-refractivity contribution in [1.29, 1.82) is 0 Å². The van der Waals surface area contributed by atoms with Crippen molar-refractivity contribution in [3.05, 3.63) is 36.2 Å². The van der Waals surface area contributed by atoms with Crippen molar-refractivity contribution in [3.8, 4) is 11.3 Å². The lowest BCUT2D eigenvalue weighted by Gasteiger charge is -2.09. The third-order valence-electron chi connectivity index (χ3n) is 3.26. The fourth-order valence-corrected chi connectivity index (χ4v) is 2.38. The smallest absolute Gasteiger partial charge is 0.396 e. The molecule has 0 unspecified atom stereocenters. The van der Waals surface area contributed by atoms with Crippen LogP contribution in [0.15, 0.2) is 30.6 Å². The molecule has 0 bridgehead atoms. The van der Waals surface area contributed by atoms with Gasteiger partial charge in [-0.15, -0.1) is 0 Å². The standard InChI is InChI=1S/C13H11F3N4/c1-20-6-7(12-9(17)5-18-19-12)11-8(13(14,15)16)3-2-4-10(11)20/h2-6H,17H2,1H3,(H,18,19). The van der Waals surface area contributed by atoms with Crippen molar-refractivity contribution in [2.75, 3.05) is 5.73 Å². The van der Waals surface area contributed by atoms with E-state index in [1.165, 1.54) is 12.3 Å². The molecule has 104 valence electrons. The van der Waals surface area contributed by atoms with E-state index in [-0.39, 0.29) is 5.39 Å². The second-order valence-electron chi connectivity index (χ2n) is 4.55. The molecule has 4 nitrogen and oxygen atoms in total. The maximum atomic E-state index is 13.2. The van der Waals surface area contributed by atoms with Crippen LogP contribution in [0.25, 0.3) is 22.2 Å². The molecule has 3 N–H and O–H groups in total. The van der Waals surface area contributed by atoms with Crippen LogP contribution >= 0.6 is 0 Å². The van der Waals surface area contributed by atoms with Crippen LogP contribution in [-0.4, -0.2) is 14.8 Å². The number of alkyl halides is 3. The quantitative estimate of drug-likeness (QED) is 0.719. The van der Waals surface area contributed by atoms with Crippen molar-refractivity contribution in [1.82, 2.24) is 14.8 Å². The number of hydrogen-bond donors (Lipinski definition) is 2. The predicted octanol–water partition coefficient (Wildman–Crippen LogP) is 3.17. The first-order valence-electron chi connectivity index (χ1n) is 5.84. The van der Waals surface area contributed by atoms with Gasteiger partial charge in [0.05, 0.1) is 23.1 Å². The molecule has 2 heterocycles. The Kier molecular flexibility index (Phi) is 2.53. The average molecular weight is 280 g/mol. The van der Waals surface area contributed by atoms with Gasteiger partial charge in [0.1, 0.15) is 0 Å². The van der Waals surface area contributed by atoms with E-state index in [9.17, 15) is 13.2 Å². The number of benzene rings is 1. The highest BCUT2D eigenvalue weighted by atomic mass is 19.4. The van der Waals surface area contributed by atoms with Crippen molar-refractivity contribution < 1.29 is 13.2 Å². The van der Waals surface area contributed by atoms with Gasteiger partial charge in [-0.3, -0.25) is 5.10 Å². The lowest BCUT2D eigenvalue weighted by atomic mass is 10.0. The first kappa shape index (κ1) is 12.6. The van der Waals surface area contributed by atoms with Crippen LogP contribution in [0.4, 0.5) is 18.9 Å². The van der Waals surface area contributed by atoms with Crippen molar-refractivity contribution in [2.24, 2.45) is 7.05 Å².